The molecule has 0 rings (SSSR count). The van der Waals surface area contributed by atoms with Crippen molar-refractivity contribution in [1.29, 1.82) is 0 Å². The lowest BCUT2D eigenvalue weighted by Gasteiger charge is -2.20. The molecule has 494 valence electrons. The van der Waals surface area contributed by atoms with Gasteiger partial charge in [0.25, 0.3) is 0 Å². The summed E-state index contributed by atoms with van der Waals surface area (Å²) in [4.78, 5) is 24.7. The molecule has 0 saturated heterocycles. The summed E-state index contributed by atoms with van der Waals surface area (Å²) in [6.07, 6.45) is 96.3. The van der Waals surface area contributed by atoms with Crippen molar-refractivity contribution in [3.05, 3.63) is 48.6 Å². The minimum absolute atomic E-state index is 0.0103. The first kappa shape index (κ1) is 81.8. The average molecular weight is 1180 g/mol. The van der Waals surface area contributed by atoms with Gasteiger partial charge >= 0.3 is 5.97 Å². The number of aliphatic hydroxyl groups excluding tert-OH is 2. The molecule has 1 amide bonds. The Labute approximate surface area is 525 Å². The number of carbonyl (C=O) groups excluding carboxylic acids is 2. The summed E-state index contributed by atoms with van der Waals surface area (Å²) in [7, 11) is 0. The Kier molecular flexibility index (Phi) is 71.4. The normalized spacial score (nSPS) is 12.8. The largest absolute Gasteiger partial charge is 0.466 e. The summed E-state index contributed by atoms with van der Waals surface area (Å²) >= 11 is 0. The second-order valence-electron chi connectivity index (χ2n) is 26.0. The SMILES string of the molecule is CCCCCCCC/C=C\CCCCCCCCCCCC(=O)OCCCCCCCCCCC/C=C\C/C=C\CCCCCCCCCCCCCC(=O)NC(CO)C(O)/C=C/CCCCCCCCCCCCCCCCCCCCC. The Hall–Kier alpha value is -2.18. The Bertz CT molecular complexity index is 1400. The van der Waals surface area contributed by atoms with E-state index in [0.29, 0.717) is 19.4 Å². The van der Waals surface area contributed by atoms with Crippen LogP contribution < -0.4 is 5.32 Å². The molecule has 84 heavy (non-hydrogen) atoms. The zero-order valence-corrected chi connectivity index (χ0v) is 56.6. The van der Waals surface area contributed by atoms with Gasteiger partial charge in [-0.05, 0) is 89.9 Å². The van der Waals surface area contributed by atoms with Crippen LogP contribution in [0.1, 0.15) is 412 Å². The molecule has 0 heterocycles. The summed E-state index contributed by atoms with van der Waals surface area (Å²) in [6.45, 7) is 4.93. The fourth-order valence-electron chi connectivity index (χ4n) is 11.8. The molecule has 6 nitrogen and oxygen atoms in total. The van der Waals surface area contributed by atoms with Crippen molar-refractivity contribution in [3.63, 3.8) is 0 Å². The van der Waals surface area contributed by atoms with Gasteiger partial charge in [0.05, 0.1) is 25.4 Å². The van der Waals surface area contributed by atoms with E-state index in [4.69, 9.17) is 4.74 Å². The summed E-state index contributed by atoms with van der Waals surface area (Å²) < 4.78 is 5.51. The first-order chi connectivity index (χ1) is 41.5. The van der Waals surface area contributed by atoms with Crippen LogP contribution in [0.4, 0.5) is 0 Å². The maximum atomic E-state index is 12.5. The molecule has 2 unspecified atom stereocenters. The Balaban J connectivity index is 3.43. The van der Waals surface area contributed by atoms with Crippen molar-refractivity contribution in [3.8, 4) is 0 Å². The lowest BCUT2D eigenvalue weighted by Crippen LogP contribution is -2.45. The average Bonchev–Trinajstić information content (AvgIpc) is 3.51. The number of amides is 1. The Morgan fingerprint density at radius 2 is 0.595 bits per heavy atom. The van der Waals surface area contributed by atoms with E-state index in [1.807, 2.05) is 6.08 Å². The summed E-state index contributed by atoms with van der Waals surface area (Å²) in [5.41, 5.74) is 0. The highest BCUT2D eigenvalue weighted by molar-refractivity contribution is 5.76. The molecule has 0 bridgehead atoms. The van der Waals surface area contributed by atoms with E-state index < -0.39 is 12.1 Å². The van der Waals surface area contributed by atoms with Gasteiger partial charge in [-0.2, -0.15) is 0 Å². The van der Waals surface area contributed by atoms with Crippen molar-refractivity contribution >= 4 is 11.9 Å². The van der Waals surface area contributed by atoms with Crippen molar-refractivity contribution in [2.24, 2.45) is 0 Å². The molecule has 0 aromatic heterocycles. The number of hydrogen-bond acceptors (Lipinski definition) is 5. The van der Waals surface area contributed by atoms with Crippen LogP contribution in [-0.4, -0.2) is 47.4 Å². The quantitative estimate of drug-likeness (QED) is 0.0320. The van der Waals surface area contributed by atoms with E-state index >= 15 is 0 Å². The van der Waals surface area contributed by atoms with Crippen molar-refractivity contribution < 1.29 is 24.5 Å². The van der Waals surface area contributed by atoms with Gasteiger partial charge in [0.2, 0.25) is 5.91 Å². The van der Waals surface area contributed by atoms with Crippen LogP contribution >= 0.6 is 0 Å². The van der Waals surface area contributed by atoms with Crippen molar-refractivity contribution in [2.75, 3.05) is 13.2 Å². The number of esters is 1. The van der Waals surface area contributed by atoms with E-state index in [-0.39, 0.29) is 18.5 Å². The fourth-order valence-corrected chi connectivity index (χ4v) is 11.8. The van der Waals surface area contributed by atoms with Gasteiger partial charge in [0.15, 0.2) is 0 Å². The van der Waals surface area contributed by atoms with E-state index in [1.165, 1.54) is 334 Å². The van der Waals surface area contributed by atoms with E-state index in [2.05, 4.69) is 55.6 Å². The molecule has 0 aliphatic heterocycles. The van der Waals surface area contributed by atoms with Gasteiger partial charge in [0.1, 0.15) is 0 Å². The molecule has 0 spiro atoms. The Morgan fingerprint density at radius 3 is 0.917 bits per heavy atom. The van der Waals surface area contributed by atoms with E-state index in [0.717, 1.165) is 51.4 Å². The Morgan fingerprint density at radius 1 is 0.333 bits per heavy atom. The van der Waals surface area contributed by atoms with Gasteiger partial charge in [-0.3, -0.25) is 9.59 Å². The summed E-state index contributed by atoms with van der Waals surface area (Å²) in [5, 5.41) is 23.3. The summed E-state index contributed by atoms with van der Waals surface area (Å²) in [5.74, 6) is -0.0574. The molecule has 0 aliphatic rings. The molecule has 0 aromatic carbocycles. The monoisotopic (exact) mass is 1180 g/mol. The number of nitrogens with one attached hydrogen (secondary N) is 1. The van der Waals surface area contributed by atoms with Gasteiger partial charge in [-0.25, -0.2) is 0 Å². The third-order valence-corrected chi connectivity index (χ3v) is 17.6. The predicted molar refractivity (Wildman–Crippen MR) is 370 cm³/mol. The highest BCUT2D eigenvalue weighted by Gasteiger charge is 2.18. The second kappa shape index (κ2) is 73.3. The molecular weight excluding hydrogens is 1030 g/mol. The van der Waals surface area contributed by atoms with Crippen LogP contribution in [0, 0.1) is 0 Å². The number of rotatable bonds is 71. The molecule has 0 radical (unpaired) electrons. The van der Waals surface area contributed by atoms with Crippen LogP contribution in [-0.2, 0) is 14.3 Å². The lowest BCUT2D eigenvalue weighted by molar-refractivity contribution is -0.143. The molecule has 0 fully saturated rings. The molecule has 0 saturated carbocycles. The molecule has 3 N–H and O–H groups in total. The highest BCUT2D eigenvalue weighted by atomic mass is 16.5. The predicted octanol–water partition coefficient (Wildman–Crippen LogP) is 24.8. The van der Waals surface area contributed by atoms with Crippen LogP contribution in [0.5, 0.6) is 0 Å². The first-order valence-corrected chi connectivity index (χ1v) is 37.9. The standard InChI is InChI=1S/C78H147NO5/c1-3-5-7-9-11-13-15-17-19-21-23-31-35-38-42-46-50-54-58-62-66-70-76(81)75(74-80)79-77(82)71-67-63-59-55-51-47-43-39-36-32-29-27-25-24-26-28-30-33-37-41-45-49-53-57-61-65-69-73-84-78(83)72-68-64-60-56-52-48-44-40-34-22-20-18-16-14-12-10-8-6-4-2/h18,20,24-25,28,30,66,70,75-76,80-81H,3-17,19,21-23,26-27,29,31-65,67-69,71-74H2,1-2H3,(H,79,82)/b20-18-,25-24-,30-28-,70-66+. The van der Waals surface area contributed by atoms with Gasteiger partial charge < -0.3 is 20.3 Å². The van der Waals surface area contributed by atoms with Crippen molar-refractivity contribution in [2.45, 2.75) is 424 Å². The third kappa shape index (κ3) is 68.9. The van der Waals surface area contributed by atoms with Gasteiger partial charge in [-0.1, -0.05) is 358 Å². The van der Waals surface area contributed by atoms with Crippen LogP contribution in [0.2, 0.25) is 0 Å². The van der Waals surface area contributed by atoms with Gasteiger partial charge in [0, 0.05) is 12.8 Å². The minimum atomic E-state index is -0.849. The molecule has 2 atom stereocenters. The topological polar surface area (TPSA) is 95.9 Å². The molecule has 0 aliphatic carbocycles. The molecular formula is C78H147NO5. The number of unbranched alkanes of at least 4 members (excludes halogenated alkanes) is 54. The summed E-state index contributed by atoms with van der Waals surface area (Å²) in [6, 6.07) is -0.632. The third-order valence-electron chi connectivity index (χ3n) is 17.6. The smallest absolute Gasteiger partial charge is 0.305 e. The second-order valence-corrected chi connectivity index (χ2v) is 26.0. The van der Waals surface area contributed by atoms with Crippen LogP contribution in [0.3, 0.4) is 0 Å². The van der Waals surface area contributed by atoms with Crippen molar-refractivity contribution in [1.82, 2.24) is 5.32 Å². The maximum absolute atomic E-state index is 12.5. The number of ether oxygens (including phenoxy) is 1. The minimum Gasteiger partial charge on any atom is -0.466 e. The number of carbonyl (C=O) groups is 2. The van der Waals surface area contributed by atoms with Crippen LogP contribution in [0.15, 0.2) is 48.6 Å². The molecule has 0 aromatic rings. The maximum Gasteiger partial charge on any atom is 0.305 e. The first-order valence-electron chi connectivity index (χ1n) is 37.9. The van der Waals surface area contributed by atoms with Gasteiger partial charge in [-0.15, -0.1) is 0 Å². The molecule has 6 heteroatoms. The lowest BCUT2D eigenvalue weighted by atomic mass is 10.0. The zero-order valence-electron chi connectivity index (χ0n) is 56.6. The highest BCUT2D eigenvalue weighted by Crippen LogP contribution is 2.19. The van der Waals surface area contributed by atoms with Crippen LogP contribution in [0.25, 0.3) is 0 Å². The van der Waals surface area contributed by atoms with E-state index in [9.17, 15) is 19.8 Å². The number of allylic oxidation sites excluding steroid dienone is 7. The number of aliphatic hydroxyl groups is 2. The number of hydrogen-bond donors (Lipinski definition) is 3. The van der Waals surface area contributed by atoms with E-state index in [1.54, 1.807) is 6.08 Å². The fraction of sp³-hybridized carbons (Fsp3) is 0.872. The zero-order chi connectivity index (χ0) is 60.6.